The van der Waals surface area contributed by atoms with E-state index in [1.807, 2.05) is 42.6 Å². The maximum atomic E-state index is 6.07. The van der Waals surface area contributed by atoms with Gasteiger partial charge in [0, 0.05) is 17.3 Å². The maximum absolute atomic E-state index is 6.07. The van der Waals surface area contributed by atoms with Crippen molar-refractivity contribution in [1.29, 1.82) is 0 Å². The lowest BCUT2D eigenvalue weighted by atomic mass is 10.2. The molecule has 0 atom stereocenters. The summed E-state index contributed by atoms with van der Waals surface area (Å²) >= 11 is 0. The smallest absolute Gasteiger partial charge is 0.227 e. The minimum absolute atomic E-state index is 0.506. The van der Waals surface area contributed by atoms with Crippen LogP contribution < -0.4 is 14.8 Å². The lowest BCUT2D eigenvalue weighted by Gasteiger charge is -2.11. The highest BCUT2D eigenvalue weighted by molar-refractivity contribution is 5.88. The first kappa shape index (κ1) is 20.2. The van der Waals surface area contributed by atoms with E-state index in [0.717, 1.165) is 65.3 Å². The summed E-state index contributed by atoms with van der Waals surface area (Å²) in [6.07, 6.45) is 12.9. The number of anilines is 2. The zero-order valence-corrected chi connectivity index (χ0v) is 17.8. The molecule has 0 radical (unpaired) electrons. The Kier molecular flexibility index (Phi) is 6.05. The van der Waals surface area contributed by atoms with E-state index in [0.29, 0.717) is 25.0 Å². The summed E-state index contributed by atoms with van der Waals surface area (Å²) in [5, 5.41) is 5.09. The number of rotatable bonds is 0. The molecule has 0 unspecified atom stereocenters. The third kappa shape index (κ3) is 4.61. The summed E-state index contributed by atoms with van der Waals surface area (Å²) in [7, 11) is 0. The highest BCUT2D eigenvalue weighted by Gasteiger charge is 2.10. The fraction of sp³-hybridized carbons (Fsp3) is 0.280. The van der Waals surface area contributed by atoms with Crippen molar-refractivity contribution in [3.05, 3.63) is 61.1 Å². The Bertz CT molecular complexity index is 1260. The number of ether oxygens (including phenoxy) is 2. The Morgan fingerprint density at radius 2 is 1.81 bits per heavy atom. The zero-order chi connectivity index (χ0) is 21.6. The standard InChI is InChI=1S/C25H25N5O2/c1-2-4-6-13-31-22-10-8-9-18-16-26-25(30-23(18)22)29-19-11-12-21-20(15-19)24(28-17-27-21)32-14-7-5-3-1/h3,5,8-12,15-17H,1-2,4,6-7,13-14H2,(H,26,29,30)/b5-3-. The van der Waals surface area contributed by atoms with E-state index in [4.69, 9.17) is 14.5 Å². The Morgan fingerprint density at radius 3 is 2.81 bits per heavy atom. The number of benzene rings is 2. The molecule has 4 bridgehead atoms. The molecule has 0 saturated heterocycles. The van der Waals surface area contributed by atoms with Gasteiger partial charge in [0.1, 0.15) is 17.6 Å². The molecule has 1 aliphatic rings. The number of nitrogens with zero attached hydrogens (tertiary/aromatic N) is 4. The average Bonchev–Trinajstić information content (AvgIpc) is 2.82. The topological polar surface area (TPSA) is 82.1 Å². The van der Waals surface area contributed by atoms with Gasteiger partial charge in [-0.25, -0.2) is 19.9 Å². The number of para-hydroxylation sites is 1. The van der Waals surface area contributed by atoms with Gasteiger partial charge in [-0.1, -0.05) is 24.3 Å². The van der Waals surface area contributed by atoms with Gasteiger partial charge in [0.05, 0.1) is 24.1 Å². The van der Waals surface area contributed by atoms with Crippen molar-refractivity contribution >= 4 is 33.4 Å². The largest absolute Gasteiger partial charge is 0.491 e. The van der Waals surface area contributed by atoms with Crippen LogP contribution >= 0.6 is 0 Å². The van der Waals surface area contributed by atoms with Gasteiger partial charge >= 0.3 is 0 Å². The summed E-state index contributed by atoms with van der Waals surface area (Å²) in [5.74, 6) is 1.87. The second-order valence-electron chi connectivity index (χ2n) is 7.73. The van der Waals surface area contributed by atoms with E-state index in [1.54, 1.807) is 0 Å². The van der Waals surface area contributed by atoms with Crippen molar-refractivity contribution < 1.29 is 9.47 Å². The third-order valence-electron chi connectivity index (χ3n) is 5.39. The second-order valence-corrected chi connectivity index (χ2v) is 7.73. The number of nitrogens with one attached hydrogen (secondary N) is 1. The van der Waals surface area contributed by atoms with Gasteiger partial charge < -0.3 is 14.8 Å². The molecule has 162 valence electrons. The molecule has 1 aliphatic heterocycles. The first-order chi connectivity index (χ1) is 15.9. The molecule has 0 fully saturated rings. The molecular weight excluding hydrogens is 402 g/mol. The molecule has 5 rings (SSSR count). The van der Waals surface area contributed by atoms with Crippen LogP contribution in [0.15, 0.2) is 61.1 Å². The highest BCUT2D eigenvalue weighted by Crippen LogP contribution is 2.28. The summed E-state index contributed by atoms with van der Waals surface area (Å²) in [6.45, 7) is 1.25. The van der Waals surface area contributed by atoms with E-state index in [-0.39, 0.29) is 0 Å². The van der Waals surface area contributed by atoms with Crippen LogP contribution in [0.25, 0.3) is 21.8 Å². The molecule has 0 amide bonds. The lowest BCUT2D eigenvalue weighted by molar-refractivity contribution is 0.308. The SMILES string of the molecule is C1=C\CCOc2ncnc3ccc(cc23)Nc2ncc3cccc(c3n2)OCCCCC/1. The molecule has 1 N–H and O–H groups in total. The van der Waals surface area contributed by atoms with Crippen LogP contribution in [0.3, 0.4) is 0 Å². The van der Waals surface area contributed by atoms with Gasteiger partial charge in [-0.2, -0.15) is 0 Å². The summed E-state index contributed by atoms with van der Waals surface area (Å²) in [5.41, 5.74) is 2.47. The fourth-order valence-electron chi connectivity index (χ4n) is 3.74. The second kappa shape index (κ2) is 9.60. The molecule has 4 aromatic rings. The van der Waals surface area contributed by atoms with Crippen molar-refractivity contribution in [3.8, 4) is 11.6 Å². The number of hydrogen-bond donors (Lipinski definition) is 1. The van der Waals surface area contributed by atoms with Crippen LogP contribution in [-0.4, -0.2) is 33.1 Å². The Labute approximate surface area is 186 Å². The molecule has 32 heavy (non-hydrogen) atoms. The van der Waals surface area contributed by atoms with Crippen molar-refractivity contribution in [2.24, 2.45) is 0 Å². The van der Waals surface area contributed by atoms with Gasteiger partial charge in [-0.05, 0) is 56.4 Å². The van der Waals surface area contributed by atoms with Gasteiger partial charge in [0.15, 0.2) is 0 Å². The molecule has 3 heterocycles. The molecule has 7 nitrogen and oxygen atoms in total. The van der Waals surface area contributed by atoms with E-state index >= 15 is 0 Å². The quantitative estimate of drug-likeness (QED) is 0.366. The van der Waals surface area contributed by atoms with E-state index in [2.05, 4.69) is 32.4 Å². The van der Waals surface area contributed by atoms with Crippen molar-refractivity contribution in [1.82, 2.24) is 19.9 Å². The van der Waals surface area contributed by atoms with Gasteiger partial charge in [-0.3, -0.25) is 0 Å². The fourth-order valence-corrected chi connectivity index (χ4v) is 3.74. The molecule has 0 aliphatic carbocycles. The minimum atomic E-state index is 0.506. The van der Waals surface area contributed by atoms with Crippen LogP contribution in [0.2, 0.25) is 0 Å². The maximum Gasteiger partial charge on any atom is 0.227 e. The lowest BCUT2D eigenvalue weighted by Crippen LogP contribution is -2.02. The molecular formula is C25H25N5O2. The summed E-state index contributed by atoms with van der Waals surface area (Å²) in [6, 6.07) is 11.8. The van der Waals surface area contributed by atoms with Crippen LogP contribution in [-0.2, 0) is 0 Å². The zero-order valence-electron chi connectivity index (χ0n) is 17.8. The van der Waals surface area contributed by atoms with E-state index < -0.39 is 0 Å². The monoisotopic (exact) mass is 427 g/mol. The predicted octanol–water partition coefficient (Wildman–Crippen LogP) is 5.59. The van der Waals surface area contributed by atoms with Crippen LogP contribution in [0.4, 0.5) is 11.6 Å². The normalized spacial score (nSPS) is 16.2. The number of fused-ring (bicyclic) bond motifs is 2. The summed E-state index contributed by atoms with van der Waals surface area (Å²) < 4.78 is 12.0. The van der Waals surface area contributed by atoms with Crippen LogP contribution in [0, 0.1) is 0 Å². The van der Waals surface area contributed by atoms with Crippen molar-refractivity contribution in [3.63, 3.8) is 0 Å². The average molecular weight is 428 g/mol. The summed E-state index contributed by atoms with van der Waals surface area (Å²) in [4.78, 5) is 17.9. The Morgan fingerprint density at radius 1 is 0.844 bits per heavy atom. The van der Waals surface area contributed by atoms with E-state index in [1.165, 1.54) is 6.33 Å². The Hall–Kier alpha value is -3.74. The molecule has 0 saturated carbocycles. The van der Waals surface area contributed by atoms with Crippen molar-refractivity contribution in [2.45, 2.75) is 32.1 Å². The van der Waals surface area contributed by atoms with Crippen molar-refractivity contribution in [2.75, 3.05) is 18.5 Å². The first-order valence-corrected chi connectivity index (χ1v) is 11.0. The van der Waals surface area contributed by atoms with Crippen LogP contribution in [0.5, 0.6) is 11.6 Å². The van der Waals surface area contributed by atoms with Gasteiger partial charge in [0.2, 0.25) is 11.8 Å². The minimum Gasteiger partial charge on any atom is -0.491 e. The van der Waals surface area contributed by atoms with E-state index in [9.17, 15) is 0 Å². The predicted molar refractivity (Wildman–Crippen MR) is 126 cm³/mol. The number of aromatic nitrogens is 4. The van der Waals surface area contributed by atoms with Gasteiger partial charge in [0.25, 0.3) is 0 Å². The molecule has 0 spiro atoms. The number of hydrogen-bond acceptors (Lipinski definition) is 7. The third-order valence-corrected chi connectivity index (χ3v) is 5.39. The highest BCUT2D eigenvalue weighted by atomic mass is 16.5. The molecule has 7 heteroatoms. The molecule has 2 aromatic carbocycles. The molecule has 2 aromatic heterocycles. The number of allylic oxidation sites excluding steroid dienone is 1. The van der Waals surface area contributed by atoms with Crippen LogP contribution in [0.1, 0.15) is 32.1 Å². The Balaban J connectivity index is 1.50. The first-order valence-electron chi connectivity index (χ1n) is 11.0. The van der Waals surface area contributed by atoms with Gasteiger partial charge in [-0.15, -0.1) is 0 Å².